The monoisotopic (exact) mass is 568 g/mol. The van der Waals surface area contributed by atoms with E-state index in [4.69, 9.17) is 21.3 Å². The number of nitrogens with one attached hydrogen (secondary N) is 1. The first-order valence-electron chi connectivity index (χ1n) is 12.9. The van der Waals surface area contributed by atoms with Crippen LogP contribution in [0.2, 0.25) is 5.02 Å². The SMILES string of the molecule is O=C(COC(=O)c1c2c(nc3ccccc13)CCN(Cc1ccccc1)C2)Nc1nc(-c2ccccc2Cl)cs1. The number of pyridine rings is 1. The fourth-order valence-corrected chi connectivity index (χ4v) is 5.90. The molecule has 3 heterocycles. The highest BCUT2D eigenvalue weighted by Gasteiger charge is 2.27. The molecule has 6 rings (SSSR count). The second-order valence-electron chi connectivity index (χ2n) is 9.52. The zero-order chi connectivity index (χ0) is 27.5. The lowest BCUT2D eigenvalue weighted by Gasteiger charge is -2.30. The zero-order valence-corrected chi connectivity index (χ0v) is 23.0. The van der Waals surface area contributed by atoms with Gasteiger partial charge >= 0.3 is 5.97 Å². The van der Waals surface area contributed by atoms with Gasteiger partial charge < -0.3 is 4.74 Å². The molecule has 0 aliphatic carbocycles. The van der Waals surface area contributed by atoms with E-state index in [1.807, 2.05) is 66.0 Å². The predicted molar refractivity (Wildman–Crippen MR) is 157 cm³/mol. The Hall–Kier alpha value is -4.11. The number of para-hydroxylation sites is 1. The number of hydrogen-bond acceptors (Lipinski definition) is 7. The first-order valence-corrected chi connectivity index (χ1v) is 14.1. The van der Waals surface area contributed by atoms with Crippen LogP contribution >= 0.6 is 22.9 Å². The molecule has 1 amide bonds. The second-order valence-corrected chi connectivity index (χ2v) is 10.8. The van der Waals surface area contributed by atoms with Gasteiger partial charge in [0, 0.05) is 58.7 Å². The molecule has 0 saturated heterocycles. The number of halogens is 1. The van der Waals surface area contributed by atoms with E-state index in [1.165, 1.54) is 16.9 Å². The minimum Gasteiger partial charge on any atom is -0.452 e. The van der Waals surface area contributed by atoms with Gasteiger partial charge in [-0.2, -0.15) is 0 Å². The predicted octanol–water partition coefficient (Wildman–Crippen LogP) is 6.37. The quantitative estimate of drug-likeness (QED) is 0.230. The summed E-state index contributed by atoms with van der Waals surface area (Å²) >= 11 is 7.55. The maximum absolute atomic E-state index is 13.5. The average Bonchev–Trinajstić information content (AvgIpc) is 3.43. The number of carbonyl (C=O) groups is 2. The van der Waals surface area contributed by atoms with Gasteiger partial charge in [0.2, 0.25) is 0 Å². The van der Waals surface area contributed by atoms with Crippen molar-refractivity contribution >= 4 is 50.8 Å². The minimum absolute atomic E-state index is 0.402. The molecule has 9 heteroatoms. The summed E-state index contributed by atoms with van der Waals surface area (Å²) in [6, 6.07) is 25.2. The van der Waals surface area contributed by atoms with Crippen LogP contribution in [0.15, 0.2) is 84.2 Å². The summed E-state index contributed by atoms with van der Waals surface area (Å²) in [5.74, 6) is -1.01. The number of ether oxygens (including phenoxy) is 1. The van der Waals surface area contributed by atoms with Crippen LogP contribution in [0.1, 0.15) is 27.2 Å². The third-order valence-corrected chi connectivity index (χ3v) is 7.90. The highest BCUT2D eigenvalue weighted by molar-refractivity contribution is 7.14. The van der Waals surface area contributed by atoms with Crippen LogP contribution in [0.4, 0.5) is 5.13 Å². The molecule has 5 aromatic rings. The lowest BCUT2D eigenvalue weighted by Crippen LogP contribution is -2.32. The number of amides is 1. The van der Waals surface area contributed by atoms with Crippen molar-refractivity contribution in [2.45, 2.75) is 19.5 Å². The summed E-state index contributed by atoms with van der Waals surface area (Å²) in [6.45, 7) is 1.75. The number of benzene rings is 3. The number of nitrogens with zero attached hydrogens (tertiary/aromatic N) is 3. The van der Waals surface area contributed by atoms with Crippen molar-refractivity contribution in [3.05, 3.63) is 112 Å². The van der Waals surface area contributed by atoms with Crippen molar-refractivity contribution < 1.29 is 14.3 Å². The van der Waals surface area contributed by atoms with Crippen molar-refractivity contribution in [1.29, 1.82) is 0 Å². The largest absolute Gasteiger partial charge is 0.452 e. The molecule has 0 radical (unpaired) electrons. The Morgan fingerprint density at radius 1 is 0.975 bits per heavy atom. The highest BCUT2D eigenvalue weighted by atomic mass is 35.5. The van der Waals surface area contributed by atoms with E-state index < -0.39 is 18.5 Å². The van der Waals surface area contributed by atoms with E-state index in [0.717, 1.165) is 47.2 Å². The molecule has 0 spiro atoms. The van der Waals surface area contributed by atoms with Crippen molar-refractivity contribution in [3.63, 3.8) is 0 Å². The van der Waals surface area contributed by atoms with E-state index in [9.17, 15) is 9.59 Å². The van der Waals surface area contributed by atoms with Gasteiger partial charge in [0.25, 0.3) is 5.91 Å². The molecule has 1 N–H and O–H groups in total. The Morgan fingerprint density at radius 3 is 2.60 bits per heavy atom. The summed E-state index contributed by atoms with van der Waals surface area (Å²) in [4.78, 5) is 37.8. The van der Waals surface area contributed by atoms with E-state index >= 15 is 0 Å². The molecule has 0 bridgehead atoms. The number of carbonyl (C=O) groups excluding carboxylic acids is 2. The van der Waals surface area contributed by atoms with Gasteiger partial charge in [-0.25, -0.2) is 9.78 Å². The maximum Gasteiger partial charge on any atom is 0.339 e. The molecular weight excluding hydrogens is 544 g/mol. The first-order chi connectivity index (χ1) is 19.5. The van der Waals surface area contributed by atoms with Crippen LogP contribution < -0.4 is 5.32 Å². The number of thiazole rings is 1. The Morgan fingerprint density at radius 2 is 1.75 bits per heavy atom. The Balaban J connectivity index is 1.18. The van der Waals surface area contributed by atoms with Gasteiger partial charge in [-0.1, -0.05) is 78.3 Å². The van der Waals surface area contributed by atoms with Crippen LogP contribution in [-0.4, -0.2) is 39.9 Å². The van der Waals surface area contributed by atoms with Crippen molar-refractivity contribution in [1.82, 2.24) is 14.9 Å². The van der Waals surface area contributed by atoms with E-state index in [1.54, 1.807) is 6.07 Å². The van der Waals surface area contributed by atoms with Crippen LogP contribution in [-0.2, 0) is 29.0 Å². The molecule has 40 heavy (non-hydrogen) atoms. The fourth-order valence-electron chi connectivity index (χ4n) is 4.94. The third kappa shape index (κ3) is 5.60. The highest BCUT2D eigenvalue weighted by Crippen LogP contribution is 2.31. The molecule has 0 atom stereocenters. The Labute approximate surface area is 240 Å². The smallest absolute Gasteiger partial charge is 0.339 e. The van der Waals surface area contributed by atoms with Gasteiger partial charge in [-0.3, -0.25) is 20.0 Å². The van der Waals surface area contributed by atoms with Gasteiger partial charge in [0.15, 0.2) is 11.7 Å². The fraction of sp³-hybridized carbons (Fsp3) is 0.161. The molecule has 7 nitrogen and oxygen atoms in total. The number of fused-ring (bicyclic) bond motifs is 2. The molecule has 0 unspecified atom stereocenters. The minimum atomic E-state index is -0.539. The van der Waals surface area contributed by atoms with Gasteiger partial charge in [-0.05, 0) is 17.7 Å². The summed E-state index contributed by atoms with van der Waals surface area (Å²) < 4.78 is 5.56. The summed E-state index contributed by atoms with van der Waals surface area (Å²) in [7, 11) is 0. The average molecular weight is 569 g/mol. The molecule has 2 aromatic heterocycles. The molecule has 0 fully saturated rings. The van der Waals surface area contributed by atoms with Gasteiger partial charge in [-0.15, -0.1) is 11.3 Å². The maximum atomic E-state index is 13.5. The molecule has 200 valence electrons. The number of rotatable bonds is 7. The van der Waals surface area contributed by atoms with Crippen LogP contribution in [0.3, 0.4) is 0 Å². The molecular formula is C31H25ClN4O3S. The van der Waals surface area contributed by atoms with Crippen molar-refractivity contribution in [3.8, 4) is 11.3 Å². The van der Waals surface area contributed by atoms with Crippen LogP contribution in [0, 0.1) is 0 Å². The Kier molecular flexibility index (Phi) is 7.55. The molecule has 1 aliphatic rings. The second kappa shape index (κ2) is 11.6. The standard InChI is InChI=1S/C31H25ClN4O3S/c32-24-12-6-4-10-21(24)27-19-40-31(34-27)35-28(37)18-39-30(38)29-22-11-5-7-13-25(22)33-26-14-15-36(17-23(26)29)16-20-8-2-1-3-9-20/h1-13,19H,14-18H2,(H,34,35,37). The van der Waals surface area contributed by atoms with Crippen molar-refractivity contribution in [2.75, 3.05) is 18.5 Å². The third-order valence-electron chi connectivity index (χ3n) is 6.81. The molecule has 1 aliphatic heterocycles. The summed E-state index contributed by atoms with van der Waals surface area (Å²) in [5.41, 5.74) is 5.62. The summed E-state index contributed by atoms with van der Waals surface area (Å²) in [5, 5.41) is 6.24. The topological polar surface area (TPSA) is 84.4 Å². The lowest BCUT2D eigenvalue weighted by atomic mass is 9.95. The lowest BCUT2D eigenvalue weighted by molar-refractivity contribution is -0.119. The number of esters is 1. The van der Waals surface area contributed by atoms with E-state index in [0.29, 0.717) is 28.0 Å². The molecule has 3 aromatic carbocycles. The zero-order valence-electron chi connectivity index (χ0n) is 21.5. The van der Waals surface area contributed by atoms with Gasteiger partial charge in [0.05, 0.1) is 16.8 Å². The molecule has 0 saturated carbocycles. The van der Waals surface area contributed by atoms with Crippen LogP contribution in [0.5, 0.6) is 0 Å². The van der Waals surface area contributed by atoms with Crippen molar-refractivity contribution in [2.24, 2.45) is 0 Å². The number of aromatic nitrogens is 2. The van der Waals surface area contributed by atoms with Gasteiger partial charge in [0.1, 0.15) is 0 Å². The summed E-state index contributed by atoms with van der Waals surface area (Å²) in [6.07, 6.45) is 0.728. The van der Waals surface area contributed by atoms with Crippen LogP contribution in [0.25, 0.3) is 22.2 Å². The number of hydrogen-bond donors (Lipinski definition) is 1. The number of anilines is 1. The van der Waals surface area contributed by atoms with E-state index in [2.05, 4.69) is 27.3 Å². The Bertz CT molecular complexity index is 1710. The normalized spacial score (nSPS) is 13.1. The van der Waals surface area contributed by atoms with E-state index in [-0.39, 0.29) is 0 Å². The first kappa shape index (κ1) is 26.1.